The maximum atomic E-state index is 11.7. The van der Waals surface area contributed by atoms with E-state index in [9.17, 15) is 4.79 Å². The summed E-state index contributed by atoms with van der Waals surface area (Å²) in [6, 6.07) is 5.23. The molecule has 0 spiro atoms. The van der Waals surface area contributed by atoms with Crippen molar-refractivity contribution in [1.82, 2.24) is 4.57 Å². The number of aryl methyl sites for hydroxylation is 1. The van der Waals surface area contributed by atoms with Crippen LogP contribution in [0.2, 0.25) is 0 Å². The number of hydrogen-bond acceptors (Lipinski definition) is 3. The Bertz CT molecular complexity index is 429. The lowest BCUT2D eigenvalue weighted by Gasteiger charge is -2.09. The van der Waals surface area contributed by atoms with Gasteiger partial charge in [-0.1, -0.05) is 0 Å². The van der Waals surface area contributed by atoms with Crippen LogP contribution in [0.15, 0.2) is 16.9 Å². The molecule has 4 nitrogen and oxygen atoms in total. The molecule has 4 heteroatoms. The van der Waals surface area contributed by atoms with Crippen LogP contribution in [0.25, 0.3) is 0 Å². The van der Waals surface area contributed by atoms with Crippen LogP contribution in [-0.4, -0.2) is 18.3 Å². The highest BCUT2D eigenvalue weighted by Gasteiger charge is 2.04. The number of pyridine rings is 1. The lowest BCUT2D eigenvalue weighted by atomic mass is 10.2. The molecule has 0 aliphatic heterocycles. The van der Waals surface area contributed by atoms with Gasteiger partial charge < -0.3 is 9.30 Å². The van der Waals surface area contributed by atoms with Crippen LogP contribution in [0.5, 0.6) is 0 Å². The predicted molar refractivity (Wildman–Crippen MR) is 56.6 cm³/mol. The summed E-state index contributed by atoms with van der Waals surface area (Å²) in [4.78, 5) is 11.7. The fraction of sp³-hybridized carbons (Fsp3) is 0.455. The van der Waals surface area contributed by atoms with E-state index in [0.717, 1.165) is 12.1 Å². The van der Waals surface area contributed by atoms with Gasteiger partial charge in [-0.15, -0.1) is 0 Å². The second-order valence-corrected chi connectivity index (χ2v) is 3.30. The Hall–Kier alpha value is -1.60. The summed E-state index contributed by atoms with van der Waals surface area (Å²) in [5, 5.41) is 8.72. The number of aromatic nitrogens is 1. The molecule has 1 aromatic rings. The highest BCUT2D eigenvalue weighted by molar-refractivity contribution is 5.27. The van der Waals surface area contributed by atoms with Crippen molar-refractivity contribution in [1.29, 1.82) is 5.26 Å². The van der Waals surface area contributed by atoms with Crippen molar-refractivity contribution in [2.75, 3.05) is 13.7 Å². The molecular weight excluding hydrogens is 192 g/mol. The molecule has 0 fully saturated rings. The van der Waals surface area contributed by atoms with E-state index in [0.29, 0.717) is 13.2 Å². The Morgan fingerprint density at radius 2 is 2.27 bits per heavy atom. The standard InChI is InChI=1S/C11H14N2O2/c1-9-4-5-10(8-12)11(14)13(9)6-3-7-15-2/h4-5H,3,6-7H2,1-2H3. The summed E-state index contributed by atoms with van der Waals surface area (Å²) in [6.45, 7) is 3.06. The maximum absolute atomic E-state index is 11.7. The quantitative estimate of drug-likeness (QED) is 0.692. The van der Waals surface area contributed by atoms with Crippen LogP contribution in [0.3, 0.4) is 0 Å². The first-order valence-corrected chi connectivity index (χ1v) is 4.80. The van der Waals surface area contributed by atoms with E-state index in [1.807, 2.05) is 13.0 Å². The van der Waals surface area contributed by atoms with Gasteiger partial charge in [0, 0.05) is 26.0 Å². The second-order valence-electron chi connectivity index (χ2n) is 3.30. The van der Waals surface area contributed by atoms with Crippen LogP contribution in [-0.2, 0) is 11.3 Å². The largest absolute Gasteiger partial charge is 0.385 e. The molecule has 0 aromatic carbocycles. The zero-order valence-corrected chi connectivity index (χ0v) is 8.99. The highest BCUT2D eigenvalue weighted by atomic mass is 16.5. The van der Waals surface area contributed by atoms with Crippen molar-refractivity contribution in [2.24, 2.45) is 0 Å². The van der Waals surface area contributed by atoms with Crippen LogP contribution in [0, 0.1) is 18.3 Å². The van der Waals surface area contributed by atoms with Crippen LogP contribution >= 0.6 is 0 Å². The molecule has 0 unspecified atom stereocenters. The molecule has 0 aliphatic carbocycles. The van der Waals surface area contributed by atoms with Gasteiger partial charge in [0.1, 0.15) is 11.6 Å². The Morgan fingerprint density at radius 3 is 2.87 bits per heavy atom. The minimum atomic E-state index is -0.214. The molecule has 0 radical (unpaired) electrons. The number of nitriles is 1. The van der Waals surface area contributed by atoms with Crippen LogP contribution in [0.4, 0.5) is 0 Å². The smallest absolute Gasteiger partial charge is 0.268 e. The number of methoxy groups -OCH3 is 1. The summed E-state index contributed by atoms with van der Waals surface area (Å²) >= 11 is 0. The van der Waals surface area contributed by atoms with Gasteiger partial charge in [0.2, 0.25) is 0 Å². The number of rotatable bonds is 4. The molecule has 0 aliphatic rings. The Balaban J connectivity index is 2.96. The SMILES string of the molecule is COCCCn1c(C)ccc(C#N)c1=O. The van der Waals surface area contributed by atoms with Crippen molar-refractivity contribution in [3.05, 3.63) is 33.7 Å². The highest BCUT2D eigenvalue weighted by Crippen LogP contribution is 1.99. The monoisotopic (exact) mass is 206 g/mol. The molecule has 80 valence electrons. The van der Waals surface area contributed by atoms with Gasteiger partial charge in [-0.2, -0.15) is 5.26 Å². The molecule has 0 N–H and O–H groups in total. The number of nitrogens with zero attached hydrogens (tertiary/aromatic N) is 2. The van der Waals surface area contributed by atoms with Gasteiger partial charge in [-0.25, -0.2) is 0 Å². The van der Waals surface area contributed by atoms with Crippen molar-refractivity contribution >= 4 is 0 Å². The minimum absolute atomic E-state index is 0.193. The molecule has 1 rings (SSSR count). The third-order valence-corrected chi connectivity index (χ3v) is 2.24. The number of hydrogen-bond donors (Lipinski definition) is 0. The summed E-state index contributed by atoms with van der Waals surface area (Å²) in [5.41, 5.74) is 0.849. The molecule has 1 aromatic heterocycles. The molecule has 0 bridgehead atoms. The third kappa shape index (κ3) is 2.67. The Morgan fingerprint density at radius 1 is 1.53 bits per heavy atom. The molecule has 1 heterocycles. The molecule has 0 amide bonds. The van der Waals surface area contributed by atoms with Gasteiger partial charge in [-0.05, 0) is 25.5 Å². The maximum Gasteiger partial charge on any atom is 0.268 e. The number of ether oxygens (including phenoxy) is 1. The zero-order valence-electron chi connectivity index (χ0n) is 8.99. The Kier molecular flexibility index (Phi) is 4.07. The van der Waals surface area contributed by atoms with Gasteiger partial charge in [0.05, 0.1) is 0 Å². The van der Waals surface area contributed by atoms with Crippen molar-refractivity contribution in [3.63, 3.8) is 0 Å². The summed E-state index contributed by atoms with van der Waals surface area (Å²) in [6.07, 6.45) is 0.770. The van der Waals surface area contributed by atoms with E-state index in [-0.39, 0.29) is 11.1 Å². The summed E-state index contributed by atoms with van der Waals surface area (Å²) < 4.78 is 6.53. The van der Waals surface area contributed by atoms with E-state index < -0.39 is 0 Å². The molecular formula is C11H14N2O2. The van der Waals surface area contributed by atoms with E-state index >= 15 is 0 Å². The normalized spacial score (nSPS) is 9.93. The van der Waals surface area contributed by atoms with Gasteiger partial charge in [0.15, 0.2) is 0 Å². The van der Waals surface area contributed by atoms with Gasteiger partial charge in [-0.3, -0.25) is 4.79 Å². The molecule has 15 heavy (non-hydrogen) atoms. The van der Waals surface area contributed by atoms with E-state index in [1.165, 1.54) is 0 Å². The summed E-state index contributed by atoms with van der Waals surface area (Å²) in [5.74, 6) is 0. The predicted octanol–water partition coefficient (Wildman–Crippen LogP) is 1.06. The third-order valence-electron chi connectivity index (χ3n) is 2.24. The lowest BCUT2D eigenvalue weighted by molar-refractivity contribution is 0.189. The zero-order chi connectivity index (χ0) is 11.3. The first-order valence-electron chi connectivity index (χ1n) is 4.80. The average molecular weight is 206 g/mol. The Labute approximate surface area is 88.7 Å². The van der Waals surface area contributed by atoms with Crippen LogP contribution in [0.1, 0.15) is 17.7 Å². The van der Waals surface area contributed by atoms with E-state index in [2.05, 4.69) is 0 Å². The summed E-state index contributed by atoms with van der Waals surface area (Å²) in [7, 11) is 1.63. The van der Waals surface area contributed by atoms with E-state index in [1.54, 1.807) is 23.8 Å². The lowest BCUT2D eigenvalue weighted by Crippen LogP contribution is -2.24. The van der Waals surface area contributed by atoms with Crippen molar-refractivity contribution in [2.45, 2.75) is 19.9 Å². The average Bonchev–Trinajstić information content (AvgIpc) is 2.23. The second kappa shape index (κ2) is 5.32. The first-order chi connectivity index (χ1) is 7.20. The fourth-order valence-corrected chi connectivity index (χ4v) is 1.40. The molecule has 0 saturated heterocycles. The van der Waals surface area contributed by atoms with Crippen LogP contribution < -0.4 is 5.56 Å². The molecule has 0 atom stereocenters. The van der Waals surface area contributed by atoms with E-state index in [4.69, 9.17) is 10.00 Å². The first kappa shape index (κ1) is 11.5. The van der Waals surface area contributed by atoms with Crippen molar-refractivity contribution < 1.29 is 4.74 Å². The van der Waals surface area contributed by atoms with Crippen molar-refractivity contribution in [3.8, 4) is 6.07 Å². The minimum Gasteiger partial charge on any atom is -0.385 e. The molecule has 0 saturated carbocycles. The van der Waals surface area contributed by atoms with Gasteiger partial charge in [0.25, 0.3) is 5.56 Å². The fourth-order valence-electron chi connectivity index (χ4n) is 1.40. The topological polar surface area (TPSA) is 55.0 Å². The van der Waals surface area contributed by atoms with Gasteiger partial charge >= 0.3 is 0 Å².